The number of aliphatic hydroxyl groups excluding tert-OH is 4. The van der Waals surface area contributed by atoms with Gasteiger partial charge in [-0.2, -0.15) is 0 Å². The molecule has 0 aromatic heterocycles. The molecule has 0 radical (unpaired) electrons. The minimum absolute atomic E-state index is 0.235. The van der Waals surface area contributed by atoms with Gasteiger partial charge >= 0.3 is 0 Å². The van der Waals surface area contributed by atoms with Crippen molar-refractivity contribution in [1.82, 2.24) is 5.32 Å². The fourth-order valence-electron chi connectivity index (χ4n) is 2.43. The van der Waals surface area contributed by atoms with Crippen molar-refractivity contribution < 1.29 is 34.6 Å². The van der Waals surface area contributed by atoms with Crippen molar-refractivity contribution in [1.29, 1.82) is 0 Å². The molecule has 1 heterocycles. The summed E-state index contributed by atoms with van der Waals surface area (Å²) in [6, 6.07) is 7.65. The van der Waals surface area contributed by atoms with E-state index in [1.54, 1.807) is 7.11 Å². The molecular weight excluding hydrogens is 318 g/mol. The third kappa shape index (κ3) is 4.87. The monoisotopic (exact) mass is 343 g/mol. The summed E-state index contributed by atoms with van der Waals surface area (Å²) in [5.74, 6) is 0.796. The van der Waals surface area contributed by atoms with Gasteiger partial charge in [-0.3, -0.25) is 0 Å². The molecule has 1 aromatic rings. The van der Waals surface area contributed by atoms with Gasteiger partial charge in [0.05, 0.1) is 20.3 Å². The number of methoxy groups -OCH3 is 1. The average molecular weight is 343 g/mol. The number of hydrogen-bond acceptors (Lipinski definition) is 8. The van der Waals surface area contributed by atoms with Crippen LogP contribution in [0.4, 0.5) is 0 Å². The average Bonchev–Trinajstić information content (AvgIpc) is 2.61. The van der Waals surface area contributed by atoms with Gasteiger partial charge in [0.1, 0.15) is 30.2 Å². The minimum atomic E-state index is -1.42. The predicted molar refractivity (Wildman–Crippen MR) is 84.4 cm³/mol. The number of nitrogens with one attached hydrogen (secondary N) is 1. The minimum Gasteiger partial charge on any atom is -0.497 e. The smallest absolute Gasteiger partial charge is 0.186 e. The number of benzene rings is 1. The molecule has 5 atom stereocenters. The summed E-state index contributed by atoms with van der Waals surface area (Å²) in [5.41, 5.74) is 1.09. The molecule has 1 fully saturated rings. The van der Waals surface area contributed by atoms with E-state index >= 15 is 0 Å². The van der Waals surface area contributed by atoms with Gasteiger partial charge in [-0.1, -0.05) is 12.1 Å². The maximum atomic E-state index is 9.83. The molecule has 136 valence electrons. The topological polar surface area (TPSA) is 121 Å². The van der Waals surface area contributed by atoms with Crippen LogP contribution in [-0.2, 0) is 16.0 Å². The normalized spacial score (nSPS) is 30.3. The van der Waals surface area contributed by atoms with E-state index in [1.807, 2.05) is 24.3 Å². The quantitative estimate of drug-likeness (QED) is 0.366. The number of hydrogen-bond donors (Lipinski definition) is 5. The van der Waals surface area contributed by atoms with Crippen LogP contribution in [0.25, 0.3) is 0 Å². The lowest BCUT2D eigenvalue weighted by Gasteiger charge is -2.39. The van der Waals surface area contributed by atoms with Crippen LogP contribution in [0.3, 0.4) is 0 Å². The first-order valence-corrected chi connectivity index (χ1v) is 7.82. The van der Waals surface area contributed by atoms with E-state index in [4.69, 9.17) is 19.3 Å². The van der Waals surface area contributed by atoms with Crippen molar-refractivity contribution in [2.24, 2.45) is 0 Å². The van der Waals surface area contributed by atoms with Gasteiger partial charge in [-0.25, -0.2) is 0 Å². The Hall–Kier alpha value is -1.26. The summed E-state index contributed by atoms with van der Waals surface area (Å²) in [5, 5.41) is 41.4. The first-order valence-electron chi connectivity index (χ1n) is 7.82. The van der Waals surface area contributed by atoms with Crippen molar-refractivity contribution in [2.45, 2.75) is 37.3 Å². The molecule has 0 spiro atoms. The lowest BCUT2D eigenvalue weighted by atomic mass is 9.99. The highest BCUT2D eigenvalue weighted by atomic mass is 16.7. The van der Waals surface area contributed by atoms with Crippen LogP contribution in [0.1, 0.15) is 5.56 Å². The van der Waals surface area contributed by atoms with Crippen LogP contribution in [0.5, 0.6) is 5.75 Å². The summed E-state index contributed by atoms with van der Waals surface area (Å²) in [7, 11) is 1.61. The number of ether oxygens (including phenoxy) is 3. The fourth-order valence-corrected chi connectivity index (χ4v) is 2.43. The highest BCUT2D eigenvalue weighted by Gasteiger charge is 2.43. The zero-order chi connectivity index (χ0) is 17.5. The van der Waals surface area contributed by atoms with Crippen molar-refractivity contribution in [3.05, 3.63) is 29.8 Å². The van der Waals surface area contributed by atoms with E-state index in [-0.39, 0.29) is 6.61 Å². The van der Waals surface area contributed by atoms with Crippen LogP contribution >= 0.6 is 0 Å². The van der Waals surface area contributed by atoms with Crippen molar-refractivity contribution in [2.75, 3.05) is 26.9 Å². The standard InChI is InChI=1S/C16H25NO7/c1-22-11-4-2-10(3-5-11)8-17-6-7-23-16-15(21)14(20)13(19)12(9-18)24-16/h2-5,12-21H,6-9H2,1H3. The molecular formula is C16H25NO7. The molecule has 24 heavy (non-hydrogen) atoms. The third-order valence-corrected chi connectivity index (χ3v) is 3.90. The largest absolute Gasteiger partial charge is 0.497 e. The van der Waals surface area contributed by atoms with E-state index in [0.29, 0.717) is 13.1 Å². The van der Waals surface area contributed by atoms with Gasteiger partial charge in [-0.05, 0) is 17.7 Å². The van der Waals surface area contributed by atoms with E-state index in [9.17, 15) is 15.3 Å². The number of rotatable bonds is 8. The summed E-state index contributed by atoms with van der Waals surface area (Å²) in [6.45, 7) is 0.905. The van der Waals surface area contributed by atoms with Crippen LogP contribution in [-0.4, -0.2) is 78.0 Å². The summed E-state index contributed by atoms with van der Waals surface area (Å²) in [6.07, 6.45) is -6.22. The van der Waals surface area contributed by atoms with Gasteiger partial charge in [-0.15, -0.1) is 0 Å². The molecule has 1 aliphatic heterocycles. The highest BCUT2D eigenvalue weighted by molar-refractivity contribution is 5.26. The maximum Gasteiger partial charge on any atom is 0.186 e. The zero-order valence-electron chi connectivity index (χ0n) is 13.5. The van der Waals surface area contributed by atoms with Gasteiger partial charge in [0.15, 0.2) is 6.29 Å². The van der Waals surface area contributed by atoms with Crippen molar-refractivity contribution >= 4 is 0 Å². The van der Waals surface area contributed by atoms with E-state index < -0.39 is 37.3 Å². The third-order valence-electron chi connectivity index (χ3n) is 3.90. The molecule has 5 unspecified atom stereocenters. The Balaban J connectivity index is 1.69. The van der Waals surface area contributed by atoms with Crippen LogP contribution in [0.15, 0.2) is 24.3 Å². The Kier molecular flexibility index (Phi) is 7.38. The van der Waals surface area contributed by atoms with E-state index in [0.717, 1.165) is 11.3 Å². The Morgan fingerprint density at radius 2 is 1.79 bits per heavy atom. The molecule has 5 N–H and O–H groups in total. The van der Waals surface area contributed by atoms with Gasteiger partial charge in [0.25, 0.3) is 0 Å². The zero-order valence-corrected chi connectivity index (χ0v) is 13.5. The lowest BCUT2D eigenvalue weighted by Crippen LogP contribution is -2.59. The van der Waals surface area contributed by atoms with Gasteiger partial charge < -0.3 is 40.0 Å². The van der Waals surface area contributed by atoms with E-state index in [2.05, 4.69) is 5.32 Å². The predicted octanol–water partition coefficient (Wildman–Crippen LogP) is -1.40. The SMILES string of the molecule is COc1ccc(CNCCOC2OC(CO)C(O)C(O)C2O)cc1. The van der Waals surface area contributed by atoms with Gasteiger partial charge in [0, 0.05) is 13.1 Å². The Bertz CT molecular complexity index is 482. The summed E-state index contributed by atoms with van der Waals surface area (Å²) < 4.78 is 15.7. The fraction of sp³-hybridized carbons (Fsp3) is 0.625. The van der Waals surface area contributed by atoms with Crippen LogP contribution in [0, 0.1) is 0 Å². The second-order valence-electron chi connectivity index (χ2n) is 5.59. The highest BCUT2D eigenvalue weighted by Crippen LogP contribution is 2.21. The second-order valence-corrected chi connectivity index (χ2v) is 5.59. The lowest BCUT2D eigenvalue weighted by molar-refractivity contribution is -0.300. The molecule has 8 heteroatoms. The van der Waals surface area contributed by atoms with Crippen LogP contribution in [0.2, 0.25) is 0 Å². The van der Waals surface area contributed by atoms with Gasteiger partial charge in [0.2, 0.25) is 0 Å². The molecule has 0 aliphatic carbocycles. The molecule has 2 rings (SSSR count). The molecule has 0 bridgehead atoms. The Morgan fingerprint density at radius 3 is 2.42 bits per heavy atom. The second kappa shape index (κ2) is 9.28. The molecule has 8 nitrogen and oxygen atoms in total. The molecule has 1 saturated heterocycles. The molecule has 0 amide bonds. The number of aliphatic hydroxyl groups is 4. The molecule has 1 aliphatic rings. The summed E-state index contributed by atoms with van der Waals surface area (Å²) in [4.78, 5) is 0. The van der Waals surface area contributed by atoms with Crippen LogP contribution < -0.4 is 10.1 Å². The van der Waals surface area contributed by atoms with E-state index in [1.165, 1.54) is 0 Å². The maximum absolute atomic E-state index is 9.83. The Labute approximate surface area is 140 Å². The first-order chi connectivity index (χ1) is 11.6. The molecule has 0 saturated carbocycles. The summed E-state index contributed by atoms with van der Waals surface area (Å²) >= 11 is 0. The molecule has 1 aromatic carbocycles. The first kappa shape index (κ1) is 19.1. The Morgan fingerprint density at radius 1 is 1.08 bits per heavy atom. The van der Waals surface area contributed by atoms with Crippen molar-refractivity contribution in [3.63, 3.8) is 0 Å². The van der Waals surface area contributed by atoms with Crippen molar-refractivity contribution in [3.8, 4) is 5.75 Å².